The van der Waals surface area contributed by atoms with Crippen LogP contribution < -0.4 is 30.0 Å². The summed E-state index contributed by atoms with van der Waals surface area (Å²) in [6.45, 7) is 17.6. The van der Waals surface area contributed by atoms with E-state index in [0.717, 1.165) is 12.8 Å². The zero-order chi connectivity index (χ0) is 41.7. The van der Waals surface area contributed by atoms with Gasteiger partial charge in [0.25, 0.3) is 0 Å². The Kier molecular flexibility index (Phi) is 8.84. The minimum Gasteiger partial charge on any atom is -0.344 e. The molecule has 2 aliphatic heterocycles. The molecule has 2 heterocycles. The number of fused-ring (bicyclic) bond motifs is 4. The molecule has 0 amide bonds. The van der Waals surface area contributed by atoms with Gasteiger partial charge in [-0.05, 0) is 209 Å². The van der Waals surface area contributed by atoms with Crippen LogP contribution in [0.4, 0.5) is 56.9 Å². The molecular weight excluding hydrogens is 729 g/mol. The number of hydrogen-bond acceptors (Lipinski definition) is 4. The topological polar surface area (TPSA) is 13.0 Å². The van der Waals surface area contributed by atoms with Crippen LogP contribution in [0.5, 0.6) is 0 Å². The van der Waals surface area contributed by atoms with Gasteiger partial charge in [0.2, 0.25) is 0 Å². The van der Waals surface area contributed by atoms with Crippen molar-refractivity contribution in [1.82, 2.24) is 0 Å². The first-order valence-corrected chi connectivity index (χ1v) is 21.4. The molecule has 0 N–H and O–H groups in total. The number of anilines is 10. The van der Waals surface area contributed by atoms with Crippen LogP contribution in [0.25, 0.3) is 11.1 Å². The summed E-state index contributed by atoms with van der Waals surface area (Å²) < 4.78 is 0. The number of benzene rings is 7. The molecule has 1 aliphatic carbocycles. The third-order valence-corrected chi connectivity index (χ3v) is 12.8. The fraction of sp³-hybridized carbons (Fsp3) is 0.214. The summed E-state index contributed by atoms with van der Waals surface area (Å²) in [5, 5.41) is 2.79. The zero-order valence-corrected chi connectivity index (χ0v) is 36.8. The van der Waals surface area contributed by atoms with Crippen LogP contribution in [0.1, 0.15) is 68.5 Å². The molecule has 0 bridgehead atoms. The molecule has 0 atom stereocenters. The third kappa shape index (κ3) is 6.20. The van der Waals surface area contributed by atoms with Crippen LogP contribution >= 0.6 is 0 Å². The van der Waals surface area contributed by atoms with Gasteiger partial charge in [0.1, 0.15) is 0 Å². The van der Waals surface area contributed by atoms with E-state index in [9.17, 15) is 0 Å². The Morgan fingerprint density at radius 1 is 0.317 bits per heavy atom. The highest BCUT2D eigenvalue weighted by Gasteiger charge is 2.32. The lowest BCUT2D eigenvalue weighted by Crippen LogP contribution is -2.44. The van der Waals surface area contributed by atoms with Gasteiger partial charge < -0.3 is 19.6 Å². The van der Waals surface area contributed by atoms with Gasteiger partial charge >= 0.3 is 0 Å². The molecular formula is C56H54N4. The van der Waals surface area contributed by atoms with E-state index >= 15 is 0 Å². The standard InChI is InChI=1S/C56H54N4/c1-33-19-34(2)24-43(23-33)59(44-25-35(3)20-36(4)26-44)41-11-13-47-49-15-16-50-48-14-12-42(60(45-27-37(5)21-38(6)28-45)46-29-39(7)22-40(8)30-46)32-54(48)58(10)52-18-17-51(55(49)56(50)52)57(9)53(47)31-41/h11-14,17-32H,15-16H2,1-10H3. The molecule has 60 heavy (non-hydrogen) atoms. The summed E-state index contributed by atoms with van der Waals surface area (Å²) in [6.07, 6.45) is 2.00. The molecule has 298 valence electrons. The molecule has 4 heteroatoms. The first kappa shape index (κ1) is 37.7. The van der Waals surface area contributed by atoms with Crippen molar-refractivity contribution in [1.29, 1.82) is 0 Å². The second kappa shape index (κ2) is 14.1. The van der Waals surface area contributed by atoms with E-state index in [1.54, 1.807) is 0 Å². The van der Waals surface area contributed by atoms with Crippen LogP contribution in [-0.2, 0) is 0 Å². The van der Waals surface area contributed by atoms with Gasteiger partial charge in [-0.1, -0.05) is 36.4 Å². The lowest BCUT2D eigenvalue weighted by Gasteiger charge is -2.38. The second-order valence-corrected chi connectivity index (χ2v) is 17.9. The lowest BCUT2D eigenvalue weighted by atomic mass is 9.81. The number of nitrogens with zero attached hydrogens (tertiary/aromatic N) is 4. The van der Waals surface area contributed by atoms with Crippen molar-refractivity contribution in [2.75, 3.05) is 33.7 Å². The Morgan fingerprint density at radius 3 is 0.883 bits per heavy atom. The normalized spacial score (nSPS) is 13.6. The number of rotatable bonds is 6. The van der Waals surface area contributed by atoms with Crippen LogP contribution in [0.2, 0.25) is 0 Å². The molecule has 0 saturated carbocycles. The van der Waals surface area contributed by atoms with Crippen molar-refractivity contribution in [3.05, 3.63) is 187 Å². The first-order valence-electron chi connectivity index (χ1n) is 21.4. The monoisotopic (exact) mass is 782 g/mol. The average molecular weight is 783 g/mol. The molecule has 0 unspecified atom stereocenters. The van der Waals surface area contributed by atoms with E-state index in [4.69, 9.17) is 0 Å². The number of aryl methyl sites for hydroxylation is 8. The van der Waals surface area contributed by atoms with E-state index < -0.39 is 0 Å². The van der Waals surface area contributed by atoms with Crippen LogP contribution in [0.15, 0.2) is 121 Å². The highest BCUT2D eigenvalue weighted by atomic mass is 15.2. The Hall–Kier alpha value is -6.52. The predicted molar refractivity (Wildman–Crippen MR) is 256 cm³/mol. The summed E-state index contributed by atoms with van der Waals surface area (Å²) >= 11 is 0. The Morgan fingerprint density at radius 2 is 0.600 bits per heavy atom. The largest absolute Gasteiger partial charge is 0.344 e. The minimum atomic E-state index is 0.999. The highest BCUT2D eigenvalue weighted by Crippen LogP contribution is 2.47. The molecule has 0 saturated heterocycles. The van der Waals surface area contributed by atoms with Crippen molar-refractivity contribution in [3.8, 4) is 0 Å². The molecule has 3 aliphatic rings. The van der Waals surface area contributed by atoms with E-state index in [1.807, 2.05) is 0 Å². The van der Waals surface area contributed by atoms with Gasteiger partial charge in [-0.15, -0.1) is 0 Å². The SMILES string of the molecule is Cc1cc(C)cc(N(c2cc(C)cc(C)c2)c2ccc3c(c2)N(C)c2ccc4c5c2=C3CCC=5c2ccc(N(c3cc(C)cc(C)c3)c3cc(C)cc(C)c3)cc2N4C)c1. The summed E-state index contributed by atoms with van der Waals surface area (Å²) in [4.78, 5) is 9.75. The van der Waals surface area contributed by atoms with Crippen molar-refractivity contribution in [2.45, 2.75) is 68.2 Å². The highest BCUT2D eigenvalue weighted by molar-refractivity contribution is 5.97. The Balaban J connectivity index is 1.13. The predicted octanol–water partition coefficient (Wildman–Crippen LogP) is 13.4. The van der Waals surface area contributed by atoms with Crippen LogP contribution in [-0.4, -0.2) is 14.1 Å². The summed E-state index contributed by atoms with van der Waals surface area (Å²) in [6, 6.07) is 46.5. The quantitative estimate of drug-likeness (QED) is 0.167. The Labute approximate surface area is 356 Å². The molecule has 0 fully saturated rings. The van der Waals surface area contributed by atoms with E-state index in [1.165, 1.54) is 134 Å². The molecule has 0 aromatic heterocycles. The van der Waals surface area contributed by atoms with Crippen LogP contribution in [0.3, 0.4) is 0 Å². The maximum atomic E-state index is 2.44. The lowest BCUT2D eigenvalue weighted by molar-refractivity contribution is 0.996. The fourth-order valence-electron chi connectivity index (χ4n) is 10.6. The van der Waals surface area contributed by atoms with Gasteiger partial charge in [-0.3, -0.25) is 0 Å². The molecule has 0 radical (unpaired) electrons. The van der Waals surface area contributed by atoms with Gasteiger partial charge in [0, 0.05) is 81.2 Å². The number of hydrogen-bond donors (Lipinski definition) is 0. The molecule has 7 aromatic rings. The fourth-order valence-corrected chi connectivity index (χ4v) is 10.6. The Bertz CT molecular complexity index is 2690. The van der Waals surface area contributed by atoms with E-state index in [-0.39, 0.29) is 0 Å². The summed E-state index contributed by atoms with van der Waals surface area (Å²) in [5.41, 5.74) is 27.8. The second-order valence-electron chi connectivity index (χ2n) is 17.9. The van der Waals surface area contributed by atoms with Crippen molar-refractivity contribution in [3.63, 3.8) is 0 Å². The van der Waals surface area contributed by atoms with Crippen molar-refractivity contribution in [2.24, 2.45) is 0 Å². The van der Waals surface area contributed by atoms with Gasteiger partial charge in [-0.25, -0.2) is 0 Å². The maximum Gasteiger partial charge on any atom is 0.0505 e. The molecule has 10 rings (SSSR count). The van der Waals surface area contributed by atoms with E-state index in [2.05, 4.69) is 210 Å². The van der Waals surface area contributed by atoms with Gasteiger partial charge in [0.15, 0.2) is 0 Å². The first-order chi connectivity index (χ1) is 28.8. The van der Waals surface area contributed by atoms with E-state index in [0.29, 0.717) is 0 Å². The maximum absolute atomic E-state index is 2.44. The third-order valence-electron chi connectivity index (χ3n) is 12.8. The van der Waals surface area contributed by atoms with Crippen molar-refractivity contribution < 1.29 is 0 Å². The van der Waals surface area contributed by atoms with Gasteiger partial charge in [-0.2, -0.15) is 0 Å². The average Bonchev–Trinajstić information content (AvgIpc) is 3.18. The van der Waals surface area contributed by atoms with Crippen LogP contribution in [0, 0.1) is 55.4 Å². The summed E-state index contributed by atoms with van der Waals surface area (Å²) in [5.74, 6) is 0. The molecule has 0 spiro atoms. The summed E-state index contributed by atoms with van der Waals surface area (Å²) in [7, 11) is 4.51. The molecule has 7 aromatic carbocycles. The van der Waals surface area contributed by atoms with Crippen molar-refractivity contribution >= 4 is 68.0 Å². The molecule has 4 nitrogen and oxygen atoms in total. The van der Waals surface area contributed by atoms with Gasteiger partial charge in [0.05, 0.1) is 11.4 Å². The zero-order valence-electron chi connectivity index (χ0n) is 36.8. The smallest absolute Gasteiger partial charge is 0.0505 e. The minimum absolute atomic E-state index is 0.999.